The molecular weight excluding hydrogens is 412 g/mol. The van der Waals surface area contributed by atoms with Crippen molar-refractivity contribution >= 4 is 28.3 Å². The van der Waals surface area contributed by atoms with Crippen LogP contribution in [0.15, 0.2) is 54.6 Å². The van der Waals surface area contributed by atoms with E-state index in [4.69, 9.17) is 5.10 Å². The summed E-state index contributed by atoms with van der Waals surface area (Å²) in [5, 5.41) is 18.1. The number of rotatable bonds is 4. The summed E-state index contributed by atoms with van der Waals surface area (Å²) in [6.45, 7) is 7.47. The van der Waals surface area contributed by atoms with E-state index in [0.717, 1.165) is 64.4 Å². The van der Waals surface area contributed by atoms with Crippen LogP contribution in [-0.4, -0.2) is 39.0 Å². The third-order valence-electron chi connectivity index (χ3n) is 6.48. The number of aryl methyl sites for hydroxylation is 3. The molecule has 4 aromatic rings. The molecule has 1 amide bonds. The standard InChI is InChI=1S/C26H28N6O/c1-17-10-7-8-14-22(17)27-26(33)20-11-9-15-31(16-20)25-24-23(18(2)28-29-25)19(3)32(30-24)21-12-5-4-6-13-21/h4-8,10,12-14,20H,9,11,15-16H2,1-3H3,(H,27,33)/t20-/m0/s1. The maximum absolute atomic E-state index is 13.1. The zero-order valence-electron chi connectivity index (χ0n) is 19.2. The predicted molar refractivity (Wildman–Crippen MR) is 131 cm³/mol. The van der Waals surface area contributed by atoms with Crippen LogP contribution in [0.1, 0.15) is 29.8 Å². The summed E-state index contributed by atoms with van der Waals surface area (Å²) >= 11 is 0. The van der Waals surface area contributed by atoms with Crippen molar-refractivity contribution in [1.82, 2.24) is 20.0 Å². The minimum absolute atomic E-state index is 0.0521. The van der Waals surface area contributed by atoms with E-state index in [9.17, 15) is 4.79 Å². The number of benzene rings is 2. The Morgan fingerprint density at radius 2 is 1.76 bits per heavy atom. The van der Waals surface area contributed by atoms with Gasteiger partial charge in [-0.05, 0) is 57.4 Å². The minimum Gasteiger partial charge on any atom is -0.352 e. The van der Waals surface area contributed by atoms with Crippen LogP contribution >= 0.6 is 0 Å². The quantitative estimate of drug-likeness (QED) is 0.502. The molecule has 0 bridgehead atoms. The summed E-state index contributed by atoms with van der Waals surface area (Å²) in [4.78, 5) is 15.2. The fourth-order valence-electron chi connectivity index (χ4n) is 4.68. The summed E-state index contributed by atoms with van der Waals surface area (Å²) in [5.41, 5.74) is 5.67. The fourth-order valence-corrected chi connectivity index (χ4v) is 4.68. The Hall–Kier alpha value is -3.74. The van der Waals surface area contributed by atoms with Gasteiger partial charge in [-0.2, -0.15) is 10.2 Å². The first-order chi connectivity index (χ1) is 16.0. The van der Waals surface area contributed by atoms with Crippen molar-refractivity contribution in [3.63, 3.8) is 0 Å². The van der Waals surface area contributed by atoms with E-state index in [2.05, 4.69) is 27.3 Å². The molecule has 7 heteroatoms. The Morgan fingerprint density at radius 1 is 1.00 bits per heavy atom. The number of piperidine rings is 1. The molecule has 0 radical (unpaired) electrons. The van der Waals surface area contributed by atoms with E-state index in [1.165, 1.54) is 0 Å². The third kappa shape index (κ3) is 3.95. The van der Waals surface area contributed by atoms with Gasteiger partial charge in [0, 0.05) is 18.8 Å². The van der Waals surface area contributed by atoms with Gasteiger partial charge in [-0.15, -0.1) is 5.10 Å². The normalized spacial score (nSPS) is 16.2. The van der Waals surface area contributed by atoms with Crippen molar-refractivity contribution in [2.24, 2.45) is 5.92 Å². The largest absolute Gasteiger partial charge is 0.352 e. The monoisotopic (exact) mass is 440 g/mol. The maximum Gasteiger partial charge on any atom is 0.229 e. The van der Waals surface area contributed by atoms with Gasteiger partial charge in [0.2, 0.25) is 5.91 Å². The molecule has 0 unspecified atom stereocenters. The van der Waals surface area contributed by atoms with Crippen LogP contribution in [0, 0.1) is 26.7 Å². The molecule has 168 valence electrons. The summed E-state index contributed by atoms with van der Waals surface area (Å²) in [6, 6.07) is 18.0. The number of carbonyl (C=O) groups is 1. The Bertz CT molecular complexity index is 1310. The molecule has 1 aliphatic rings. The lowest BCUT2D eigenvalue weighted by Crippen LogP contribution is -2.41. The lowest BCUT2D eigenvalue weighted by molar-refractivity contribution is -0.120. The van der Waals surface area contributed by atoms with E-state index in [1.54, 1.807) is 0 Å². The molecule has 0 aliphatic carbocycles. The van der Waals surface area contributed by atoms with Gasteiger partial charge in [-0.25, -0.2) is 4.68 Å². The predicted octanol–water partition coefficient (Wildman–Crippen LogP) is 4.60. The zero-order valence-corrected chi connectivity index (χ0v) is 19.2. The van der Waals surface area contributed by atoms with Crippen molar-refractivity contribution in [2.75, 3.05) is 23.3 Å². The van der Waals surface area contributed by atoms with Gasteiger partial charge in [0.25, 0.3) is 0 Å². The van der Waals surface area contributed by atoms with Crippen LogP contribution in [0.3, 0.4) is 0 Å². The first kappa shape index (κ1) is 21.1. The first-order valence-electron chi connectivity index (χ1n) is 11.4. The second kappa shape index (κ2) is 8.65. The molecule has 1 atom stereocenters. The number of amides is 1. The Kier molecular flexibility index (Phi) is 5.54. The molecule has 2 aromatic carbocycles. The highest BCUT2D eigenvalue weighted by Gasteiger charge is 2.29. The number of fused-ring (bicyclic) bond motifs is 1. The number of carbonyl (C=O) groups excluding carboxylic acids is 1. The average Bonchev–Trinajstić information content (AvgIpc) is 3.19. The molecule has 5 rings (SSSR count). The minimum atomic E-state index is -0.117. The molecule has 1 saturated heterocycles. The number of para-hydroxylation sites is 2. The van der Waals surface area contributed by atoms with Crippen molar-refractivity contribution in [1.29, 1.82) is 0 Å². The van der Waals surface area contributed by atoms with Crippen LogP contribution in [0.5, 0.6) is 0 Å². The molecular formula is C26H28N6O. The second-order valence-corrected chi connectivity index (χ2v) is 8.75. The topological polar surface area (TPSA) is 75.9 Å². The molecule has 0 spiro atoms. The van der Waals surface area contributed by atoms with Crippen LogP contribution in [-0.2, 0) is 4.79 Å². The highest BCUT2D eigenvalue weighted by molar-refractivity contribution is 5.95. The van der Waals surface area contributed by atoms with Gasteiger partial charge < -0.3 is 10.2 Å². The van der Waals surface area contributed by atoms with Gasteiger partial charge in [0.15, 0.2) is 5.82 Å². The van der Waals surface area contributed by atoms with Crippen molar-refractivity contribution in [3.05, 3.63) is 71.5 Å². The first-order valence-corrected chi connectivity index (χ1v) is 11.4. The SMILES string of the molecule is Cc1ccccc1NC(=O)[C@H]1CCCN(c2nnc(C)c3c(C)n(-c4ccccc4)nc23)C1. The number of hydrogen-bond acceptors (Lipinski definition) is 5. The van der Waals surface area contributed by atoms with Gasteiger partial charge in [-0.1, -0.05) is 36.4 Å². The summed E-state index contributed by atoms with van der Waals surface area (Å²) in [5.74, 6) is 0.687. The number of aromatic nitrogens is 4. The van der Waals surface area contributed by atoms with Crippen LogP contribution in [0.25, 0.3) is 16.6 Å². The van der Waals surface area contributed by atoms with Crippen molar-refractivity contribution in [2.45, 2.75) is 33.6 Å². The molecule has 33 heavy (non-hydrogen) atoms. The Morgan fingerprint density at radius 3 is 2.55 bits per heavy atom. The molecule has 0 saturated carbocycles. The molecule has 1 fully saturated rings. The number of hydrogen-bond donors (Lipinski definition) is 1. The molecule has 3 heterocycles. The van der Waals surface area contributed by atoms with Gasteiger partial charge >= 0.3 is 0 Å². The summed E-state index contributed by atoms with van der Waals surface area (Å²) in [6.07, 6.45) is 1.77. The van der Waals surface area contributed by atoms with E-state index in [1.807, 2.05) is 73.1 Å². The number of nitrogens with one attached hydrogen (secondary N) is 1. The van der Waals surface area contributed by atoms with Gasteiger partial charge in [0.05, 0.1) is 28.4 Å². The molecule has 2 aromatic heterocycles. The number of anilines is 2. The van der Waals surface area contributed by atoms with E-state index in [0.29, 0.717) is 6.54 Å². The lowest BCUT2D eigenvalue weighted by Gasteiger charge is -2.32. The third-order valence-corrected chi connectivity index (χ3v) is 6.48. The van der Waals surface area contributed by atoms with Crippen molar-refractivity contribution in [3.8, 4) is 5.69 Å². The smallest absolute Gasteiger partial charge is 0.229 e. The second-order valence-electron chi connectivity index (χ2n) is 8.75. The highest BCUT2D eigenvalue weighted by Crippen LogP contribution is 2.32. The lowest BCUT2D eigenvalue weighted by atomic mass is 9.96. The zero-order chi connectivity index (χ0) is 22.9. The Balaban J connectivity index is 1.46. The van der Waals surface area contributed by atoms with Crippen molar-refractivity contribution < 1.29 is 4.79 Å². The average molecular weight is 441 g/mol. The fraction of sp³-hybridized carbons (Fsp3) is 0.308. The summed E-state index contributed by atoms with van der Waals surface area (Å²) < 4.78 is 1.96. The van der Waals surface area contributed by atoms with Gasteiger partial charge in [-0.3, -0.25) is 4.79 Å². The van der Waals surface area contributed by atoms with Crippen LogP contribution in [0.2, 0.25) is 0 Å². The van der Waals surface area contributed by atoms with Gasteiger partial charge in [0.1, 0.15) is 5.52 Å². The highest BCUT2D eigenvalue weighted by atomic mass is 16.1. The van der Waals surface area contributed by atoms with E-state index >= 15 is 0 Å². The van der Waals surface area contributed by atoms with Crippen LogP contribution < -0.4 is 10.2 Å². The molecule has 7 nitrogen and oxygen atoms in total. The Labute approximate surface area is 193 Å². The van der Waals surface area contributed by atoms with E-state index in [-0.39, 0.29) is 11.8 Å². The molecule has 1 N–H and O–H groups in total. The van der Waals surface area contributed by atoms with E-state index < -0.39 is 0 Å². The summed E-state index contributed by atoms with van der Waals surface area (Å²) in [7, 11) is 0. The number of nitrogens with zero attached hydrogens (tertiary/aromatic N) is 5. The van der Waals surface area contributed by atoms with Crippen LogP contribution in [0.4, 0.5) is 11.5 Å². The molecule has 1 aliphatic heterocycles. The maximum atomic E-state index is 13.1.